The second kappa shape index (κ2) is 6.59. The fourth-order valence-corrected chi connectivity index (χ4v) is 2.29. The molecule has 0 heterocycles. The zero-order valence-corrected chi connectivity index (χ0v) is 12.1. The van der Waals surface area contributed by atoms with Gasteiger partial charge in [0, 0.05) is 13.1 Å². The molecule has 20 heavy (non-hydrogen) atoms. The average molecular weight is 289 g/mol. The van der Waals surface area contributed by atoms with Crippen LogP contribution in [0, 0.1) is 5.92 Å². The minimum Gasteiger partial charge on any atom is -0.389 e. The van der Waals surface area contributed by atoms with E-state index in [1.807, 2.05) is 13.8 Å². The monoisotopic (exact) mass is 289 g/mol. The molecule has 0 radical (unpaired) electrons. The largest absolute Gasteiger partial charge is 0.416 e. The maximum Gasteiger partial charge on any atom is 0.416 e. The first-order valence-corrected chi connectivity index (χ1v) is 6.69. The summed E-state index contributed by atoms with van der Waals surface area (Å²) < 4.78 is 37.7. The van der Waals surface area contributed by atoms with E-state index in [1.165, 1.54) is 6.07 Å². The number of alkyl halides is 3. The quantitative estimate of drug-likeness (QED) is 0.839. The maximum absolute atomic E-state index is 12.6. The van der Waals surface area contributed by atoms with Crippen molar-refractivity contribution in [2.24, 2.45) is 5.92 Å². The molecule has 2 nitrogen and oxygen atoms in total. The molecule has 1 unspecified atom stereocenters. The first kappa shape index (κ1) is 17.0. The van der Waals surface area contributed by atoms with E-state index in [4.69, 9.17) is 0 Å². The number of aliphatic hydroxyl groups is 1. The summed E-state index contributed by atoms with van der Waals surface area (Å²) in [4.78, 5) is 0. The molecule has 0 aliphatic heterocycles. The molecule has 114 valence electrons. The van der Waals surface area contributed by atoms with Crippen molar-refractivity contribution in [3.63, 3.8) is 0 Å². The summed E-state index contributed by atoms with van der Waals surface area (Å²) in [5, 5.41) is 13.1. The van der Waals surface area contributed by atoms with Gasteiger partial charge in [-0.15, -0.1) is 0 Å². The van der Waals surface area contributed by atoms with Crippen LogP contribution < -0.4 is 5.32 Å². The molecule has 0 aliphatic carbocycles. The number of rotatable bonds is 6. The zero-order chi connectivity index (χ0) is 15.4. The first-order valence-electron chi connectivity index (χ1n) is 6.69. The van der Waals surface area contributed by atoms with Gasteiger partial charge >= 0.3 is 6.18 Å². The fraction of sp³-hybridized carbons (Fsp3) is 0.600. The summed E-state index contributed by atoms with van der Waals surface area (Å²) in [5.74, 6) is 0.361. The fourth-order valence-electron chi connectivity index (χ4n) is 2.29. The number of halogens is 3. The molecule has 0 fully saturated rings. The Kier molecular flexibility index (Phi) is 5.59. The molecule has 1 atom stereocenters. The SMILES string of the molecule is CC(C)CC(C)(O)CNCc1cccc(C(F)(F)F)c1. The lowest BCUT2D eigenvalue weighted by Crippen LogP contribution is -2.38. The highest BCUT2D eigenvalue weighted by molar-refractivity contribution is 5.25. The van der Waals surface area contributed by atoms with Crippen LogP contribution in [0.3, 0.4) is 0 Å². The molecular weight excluding hydrogens is 267 g/mol. The van der Waals surface area contributed by atoms with Gasteiger partial charge in [-0.1, -0.05) is 32.0 Å². The van der Waals surface area contributed by atoms with Gasteiger partial charge in [0.25, 0.3) is 0 Å². The van der Waals surface area contributed by atoms with Gasteiger partial charge in [0.2, 0.25) is 0 Å². The van der Waals surface area contributed by atoms with Crippen molar-refractivity contribution in [1.29, 1.82) is 0 Å². The standard InChI is InChI=1S/C15H22F3NO/c1-11(2)8-14(3,20)10-19-9-12-5-4-6-13(7-12)15(16,17)18/h4-7,11,19-20H,8-10H2,1-3H3. The Balaban J connectivity index is 2.54. The highest BCUT2D eigenvalue weighted by atomic mass is 19.4. The lowest BCUT2D eigenvalue weighted by Gasteiger charge is -2.25. The normalized spacial score (nSPS) is 15.4. The molecule has 0 amide bonds. The molecule has 1 rings (SSSR count). The van der Waals surface area contributed by atoms with Crippen LogP contribution in [0.4, 0.5) is 13.2 Å². The topological polar surface area (TPSA) is 32.3 Å². The van der Waals surface area contributed by atoms with Crippen molar-refractivity contribution in [2.75, 3.05) is 6.54 Å². The van der Waals surface area contributed by atoms with Gasteiger partial charge in [0.05, 0.1) is 11.2 Å². The van der Waals surface area contributed by atoms with Crippen molar-refractivity contribution in [3.05, 3.63) is 35.4 Å². The summed E-state index contributed by atoms with van der Waals surface area (Å²) in [6, 6.07) is 5.22. The smallest absolute Gasteiger partial charge is 0.389 e. The molecule has 1 aromatic rings. The van der Waals surface area contributed by atoms with Crippen molar-refractivity contribution in [2.45, 2.75) is 45.5 Å². The number of nitrogens with one attached hydrogen (secondary N) is 1. The Bertz CT molecular complexity index is 427. The highest BCUT2D eigenvalue weighted by Crippen LogP contribution is 2.29. The number of hydrogen-bond acceptors (Lipinski definition) is 2. The van der Waals surface area contributed by atoms with Gasteiger partial charge < -0.3 is 10.4 Å². The third-order valence-electron chi connectivity index (χ3n) is 2.94. The van der Waals surface area contributed by atoms with E-state index in [0.717, 1.165) is 12.1 Å². The minimum absolute atomic E-state index is 0.304. The summed E-state index contributed by atoms with van der Waals surface area (Å²) in [5.41, 5.74) is -0.943. The lowest BCUT2D eigenvalue weighted by atomic mass is 9.94. The highest BCUT2D eigenvalue weighted by Gasteiger charge is 2.30. The molecule has 1 aromatic carbocycles. The second-order valence-electron chi connectivity index (χ2n) is 5.90. The van der Waals surface area contributed by atoms with Crippen molar-refractivity contribution in [1.82, 2.24) is 5.32 Å². The van der Waals surface area contributed by atoms with Gasteiger partial charge in [-0.3, -0.25) is 0 Å². The molecule has 0 aliphatic rings. The first-order chi connectivity index (χ1) is 9.10. The molecular formula is C15H22F3NO. The van der Waals surface area contributed by atoms with Crippen molar-refractivity contribution < 1.29 is 18.3 Å². The Morgan fingerprint density at radius 1 is 1.25 bits per heavy atom. The van der Waals surface area contributed by atoms with E-state index < -0.39 is 17.3 Å². The van der Waals surface area contributed by atoms with Gasteiger partial charge in [-0.05, 0) is 30.9 Å². The van der Waals surface area contributed by atoms with Gasteiger partial charge in [0.15, 0.2) is 0 Å². The van der Waals surface area contributed by atoms with Crippen LogP contribution in [0.2, 0.25) is 0 Å². The summed E-state index contributed by atoms with van der Waals surface area (Å²) >= 11 is 0. The Hall–Kier alpha value is -1.07. The molecule has 0 spiro atoms. The van der Waals surface area contributed by atoms with Crippen LogP contribution in [0.5, 0.6) is 0 Å². The summed E-state index contributed by atoms with van der Waals surface area (Å²) in [6.07, 6.45) is -3.68. The predicted octanol–water partition coefficient (Wildman–Crippen LogP) is 3.59. The molecule has 5 heteroatoms. The van der Waals surface area contributed by atoms with E-state index in [0.29, 0.717) is 31.0 Å². The van der Waals surface area contributed by atoms with E-state index in [1.54, 1.807) is 13.0 Å². The van der Waals surface area contributed by atoms with Crippen LogP contribution in [-0.2, 0) is 12.7 Å². The maximum atomic E-state index is 12.6. The van der Waals surface area contributed by atoms with Crippen LogP contribution in [0.15, 0.2) is 24.3 Å². The van der Waals surface area contributed by atoms with E-state index in [9.17, 15) is 18.3 Å². The lowest BCUT2D eigenvalue weighted by molar-refractivity contribution is -0.137. The zero-order valence-electron chi connectivity index (χ0n) is 12.1. The van der Waals surface area contributed by atoms with E-state index in [-0.39, 0.29) is 0 Å². The third-order valence-corrected chi connectivity index (χ3v) is 2.94. The summed E-state index contributed by atoms with van der Waals surface area (Å²) in [6.45, 7) is 6.41. The number of benzene rings is 1. The Labute approximate surface area is 118 Å². The van der Waals surface area contributed by atoms with Gasteiger partial charge in [-0.2, -0.15) is 13.2 Å². The van der Waals surface area contributed by atoms with Gasteiger partial charge in [-0.25, -0.2) is 0 Å². The van der Waals surface area contributed by atoms with E-state index in [2.05, 4.69) is 5.32 Å². The molecule has 0 saturated carbocycles. The summed E-state index contributed by atoms with van der Waals surface area (Å²) in [7, 11) is 0. The van der Waals surface area contributed by atoms with Crippen LogP contribution in [0.25, 0.3) is 0 Å². The molecule has 2 N–H and O–H groups in total. The average Bonchev–Trinajstić information content (AvgIpc) is 2.26. The second-order valence-corrected chi connectivity index (χ2v) is 5.90. The molecule has 0 saturated heterocycles. The van der Waals surface area contributed by atoms with Crippen LogP contribution in [-0.4, -0.2) is 17.3 Å². The van der Waals surface area contributed by atoms with Crippen LogP contribution >= 0.6 is 0 Å². The van der Waals surface area contributed by atoms with Crippen molar-refractivity contribution in [3.8, 4) is 0 Å². The van der Waals surface area contributed by atoms with Crippen LogP contribution in [0.1, 0.15) is 38.3 Å². The molecule has 0 aromatic heterocycles. The Morgan fingerprint density at radius 2 is 1.90 bits per heavy atom. The number of hydrogen-bond donors (Lipinski definition) is 2. The minimum atomic E-state index is -4.32. The Morgan fingerprint density at radius 3 is 2.45 bits per heavy atom. The molecule has 0 bridgehead atoms. The van der Waals surface area contributed by atoms with E-state index >= 15 is 0 Å². The van der Waals surface area contributed by atoms with Gasteiger partial charge in [0.1, 0.15) is 0 Å². The van der Waals surface area contributed by atoms with Crippen molar-refractivity contribution >= 4 is 0 Å². The third kappa shape index (κ3) is 5.92. The predicted molar refractivity (Wildman–Crippen MR) is 73.2 cm³/mol.